The Bertz CT molecular complexity index is 566. The van der Waals surface area contributed by atoms with Gasteiger partial charge in [0.25, 0.3) is 5.91 Å². The number of nitrogens with one attached hydrogen (secondary N) is 1. The average Bonchev–Trinajstić information content (AvgIpc) is 2.57. The van der Waals surface area contributed by atoms with Crippen LogP contribution in [-0.2, 0) is 14.3 Å². The van der Waals surface area contributed by atoms with Crippen LogP contribution in [0.15, 0.2) is 30.3 Å². The molecule has 0 bridgehead atoms. The zero-order chi connectivity index (χ0) is 17.7. The van der Waals surface area contributed by atoms with E-state index in [1.54, 1.807) is 30.3 Å². The molecule has 1 fully saturated rings. The molecule has 1 heterocycles. The van der Waals surface area contributed by atoms with Gasteiger partial charge in [-0.15, -0.1) is 0 Å². The lowest BCUT2D eigenvalue weighted by atomic mass is 9.96. The highest BCUT2D eigenvalue weighted by Crippen LogP contribution is 2.23. The van der Waals surface area contributed by atoms with Gasteiger partial charge in [0, 0.05) is 5.56 Å². The van der Waals surface area contributed by atoms with Crippen molar-refractivity contribution in [3.63, 3.8) is 0 Å². The van der Waals surface area contributed by atoms with Gasteiger partial charge in [0.15, 0.2) is 6.29 Å². The molecular weight excluding hydrogens is 322 g/mol. The highest BCUT2D eigenvalue weighted by atomic mass is 16.6. The molecular formula is C15H19NO8. The zero-order valence-corrected chi connectivity index (χ0v) is 12.6. The molecule has 24 heavy (non-hydrogen) atoms. The van der Waals surface area contributed by atoms with Crippen molar-refractivity contribution in [3.05, 3.63) is 35.9 Å². The van der Waals surface area contributed by atoms with Crippen molar-refractivity contribution in [2.75, 3.05) is 13.2 Å². The SMILES string of the molecule is O=C(O)CO[C@H]1[C@H](O)[C@@H](CO)OC(O)[C@@H]1NC(=O)c1ccccc1. The first-order valence-corrected chi connectivity index (χ1v) is 7.25. The second kappa shape index (κ2) is 8.18. The van der Waals surface area contributed by atoms with Crippen LogP contribution in [0.2, 0.25) is 0 Å². The third kappa shape index (κ3) is 4.28. The molecule has 0 aliphatic carbocycles. The van der Waals surface area contributed by atoms with E-state index in [1.165, 1.54) is 0 Å². The molecule has 0 spiro atoms. The summed E-state index contributed by atoms with van der Waals surface area (Å²) in [6, 6.07) is 6.91. The normalized spacial score (nSPS) is 29.9. The number of benzene rings is 1. The van der Waals surface area contributed by atoms with Gasteiger partial charge in [0.05, 0.1) is 6.61 Å². The Morgan fingerprint density at radius 1 is 1.21 bits per heavy atom. The summed E-state index contributed by atoms with van der Waals surface area (Å²) in [6.45, 7) is -1.35. The second-order valence-electron chi connectivity index (χ2n) is 5.27. The van der Waals surface area contributed by atoms with Crippen molar-refractivity contribution in [2.45, 2.75) is 30.6 Å². The van der Waals surface area contributed by atoms with Crippen LogP contribution in [0.4, 0.5) is 0 Å². The van der Waals surface area contributed by atoms with Crippen LogP contribution in [0.25, 0.3) is 0 Å². The van der Waals surface area contributed by atoms with E-state index in [2.05, 4.69) is 5.32 Å². The minimum Gasteiger partial charge on any atom is -0.480 e. The van der Waals surface area contributed by atoms with E-state index in [0.717, 1.165) is 0 Å². The molecule has 9 nitrogen and oxygen atoms in total. The topological polar surface area (TPSA) is 146 Å². The highest BCUT2D eigenvalue weighted by Gasteiger charge is 2.46. The number of aliphatic hydroxyl groups excluding tert-OH is 3. The van der Waals surface area contributed by atoms with Gasteiger partial charge in [-0.3, -0.25) is 4.79 Å². The third-order valence-corrected chi connectivity index (χ3v) is 3.61. The van der Waals surface area contributed by atoms with E-state index < -0.39 is 55.7 Å². The van der Waals surface area contributed by atoms with Crippen LogP contribution in [0.1, 0.15) is 10.4 Å². The van der Waals surface area contributed by atoms with Gasteiger partial charge in [-0.1, -0.05) is 18.2 Å². The van der Waals surface area contributed by atoms with Crippen LogP contribution < -0.4 is 5.32 Å². The number of amides is 1. The Morgan fingerprint density at radius 3 is 2.46 bits per heavy atom. The minimum atomic E-state index is -1.59. The number of aliphatic carboxylic acids is 1. The fourth-order valence-electron chi connectivity index (χ4n) is 2.43. The molecule has 132 valence electrons. The predicted octanol–water partition coefficient (Wildman–Crippen LogP) is -1.67. The van der Waals surface area contributed by atoms with Crippen molar-refractivity contribution in [1.29, 1.82) is 0 Å². The minimum absolute atomic E-state index is 0.306. The summed E-state index contributed by atoms with van der Waals surface area (Å²) in [5.41, 5.74) is 0.306. The van der Waals surface area contributed by atoms with Crippen LogP contribution >= 0.6 is 0 Å². The maximum atomic E-state index is 12.2. The maximum absolute atomic E-state index is 12.2. The lowest BCUT2D eigenvalue weighted by Gasteiger charge is -2.42. The van der Waals surface area contributed by atoms with Gasteiger partial charge >= 0.3 is 5.97 Å². The van der Waals surface area contributed by atoms with E-state index >= 15 is 0 Å². The standard InChI is InChI=1S/C15H19NO8/c17-6-9-12(20)13(23-7-10(18)19)11(15(22)24-9)16-14(21)8-4-2-1-3-5-8/h1-5,9,11-13,15,17,20,22H,6-7H2,(H,16,21)(H,18,19)/t9-,11-,12-,13-,15?/m1/s1. The van der Waals surface area contributed by atoms with Gasteiger partial charge in [0.1, 0.15) is 31.0 Å². The smallest absolute Gasteiger partial charge is 0.329 e. The third-order valence-electron chi connectivity index (χ3n) is 3.61. The zero-order valence-electron chi connectivity index (χ0n) is 12.6. The Hall–Kier alpha value is -2.04. The summed E-state index contributed by atoms with van der Waals surface area (Å²) < 4.78 is 10.1. The first kappa shape index (κ1) is 18.3. The lowest BCUT2D eigenvalue weighted by molar-refractivity contribution is -0.260. The molecule has 5 atom stereocenters. The monoisotopic (exact) mass is 341 g/mol. The van der Waals surface area contributed by atoms with Crippen molar-refractivity contribution in [2.24, 2.45) is 0 Å². The molecule has 1 amide bonds. The Balaban J connectivity index is 2.16. The Labute approximate surface area is 137 Å². The van der Waals surface area contributed by atoms with Gasteiger partial charge in [-0.2, -0.15) is 0 Å². The highest BCUT2D eigenvalue weighted by molar-refractivity contribution is 5.94. The quantitative estimate of drug-likeness (QED) is 0.413. The number of hydrogen-bond donors (Lipinski definition) is 5. The largest absolute Gasteiger partial charge is 0.480 e. The first-order chi connectivity index (χ1) is 11.4. The molecule has 0 aromatic heterocycles. The molecule has 0 radical (unpaired) electrons. The lowest BCUT2D eigenvalue weighted by Crippen LogP contribution is -2.65. The van der Waals surface area contributed by atoms with E-state index in [9.17, 15) is 19.8 Å². The van der Waals surface area contributed by atoms with Crippen molar-refractivity contribution < 1.29 is 39.5 Å². The molecule has 0 saturated carbocycles. The number of carbonyl (C=O) groups excluding carboxylic acids is 1. The summed E-state index contributed by atoms with van der Waals surface area (Å²) in [6.07, 6.45) is -5.45. The fraction of sp³-hybridized carbons (Fsp3) is 0.467. The molecule has 2 rings (SSSR count). The molecule has 1 saturated heterocycles. The van der Waals surface area contributed by atoms with Crippen LogP contribution in [0, 0.1) is 0 Å². The van der Waals surface area contributed by atoms with Crippen molar-refractivity contribution >= 4 is 11.9 Å². The molecule has 1 aromatic carbocycles. The molecule has 5 N–H and O–H groups in total. The molecule has 9 heteroatoms. The number of carboxylic acids is 1. The first-order valence-electron chi connectivity index (χ1n) is 7.25. The van der Waals surface area contributed by atoms with E-state index in [1.807, 2.05) is 0 Å². The van der Waals surface area contributed by atoms with Crippen LogP contribution in [0.5, 0.6) is 0 Å². The molecule has 1 unspecified atom stereocenters. The van der Waals surface area contributed by atoms with Crippen LogP contribution in [0.3, 0.4) is 0 Å². The number of rotatable bonds is 6. The number of carbonyl (C=O) groups is 2. The molecule has 1 aromatic rings. The Kier molecular flexibility index (Phi) is 6.23. The Morgan fingerprint density at radius 2 is 1.88 bits per heavy atom. The number of ether oxygens (including phenoxy) is 2. The molecule has 1 aliphatic rings. The van der Waals surface area contributed by atoms with Crippen molar-refractivity contribution in [1.82, 2.24) is 5.32 Å². The predicted molar refractivity (Wildman–Crippen MR) is 79.0 cm³/mol. The summed E-state index contributed by atoms with van der Waals surface area (Å²) >= 11 is 0. The fourth-order valence-corrected chi connectivity index (χ4v) is 2.43. The summed E-state index contributed by atoms with van der Waals surface area (Å²) in [5, 5.41) is 40.5. The summed E-state index contributed by atoms with van der Waals surface area (Å²) in [4.78, 5) is 22.9. The van der Waals surface area contributed by atoms with E-state index in [0.29, 0.717) is 5.56 Å². The number of aliphatic hydroxyl groups is 3. The maximum Gasteiger partial charge on any atom is 0.329 e. The average molecular weight is 341 g/mol. The summed E-state index contributed by atoms with van der Waals surface area (Å²) in [5.74, 6) is -1.83. The second-order valence-corrected chi connectivity index (χ2v) is 5.27. The number of carboxylic acid groups (broad SMARTS) is 1. The number of hydrogen-bond acceptors (Lipinski definition) is 7. The van der Waals surface area contributed by atoms with E-state index in [-0.39, 0.29) is 0 Å². The van der Waals surface area contributed by atoms with E-state index in [4.69, 9.17) is 19.7 Å². The van der Waals surface area contributed by atoms with Gasteiger partial charge in [-0.05, 0) is 12.1 Å². The van der Waals surface area contributed by atoms with Gasteiger partial charge in [-0.25, -0.2) is 4.79 Å². The van der Waals surface area contributed by atoms with Crippen molar-refractivity contribution in [3.8, 4) is 0 Å². The van der Waals surface area contributed by atoms with Crippen LogP contribution in [-0.4, -0.2) is 76.2 Å². The van der Waals surface area contributed by atoms with Gasteiger partial charge in [0.2, 0.25) is 0 Å². The van der Waals surface area contributed by atoms with Gasteiger partial charge < -0.3 is 35.2 Å². The summed E-state index contributed by atoms with van der Waals surface area (Å²) in [7, 11) is 0. The molecule has 1 aliphatic heterocycles.